The summed E-state index contributed by atoms with van der Waals surface area (Å²) >= 11 is 0. The predicted molar refractivity (Wildman–Crippen MR) is 99.8 cm³/mol. The number of hydrogen-bond acceptors (Lipinski definition) is 4. The SMILES string of the molecule is CCCCCC(=O)OCCCC[C@H]1C[C@H]2CC[C@H]3C[C@@H](C)NC(=[N+]23)N1. The summed E-state index contributed by atoms with van der Waals surface area (Å²) in [5, 5.41) is 7.40. The van der Waals surface area contributed by atoms with Gasteiger partial charge in [0.1, 0.15) is 0 Å². The molecule has 0 spiro atoms. The van der Waals surface area contributed by atoms with Crippen LogP contribution in [0.15, 0.2) is 0 Å². The van der Waals surface area contributed by atoms with Crippen molar-refractivity contribution >= 4 is 11.9 Å². The average Bonchev–Trinajstić information content (AvgIpc) is 2.98. The van der Waals surface area contributed by atoms with Gasteiger partial charge in [-0.3, -0.25) is 20.0 Å². The Morgan fingerprint density at radius 3 is 2.72 bits per heavy atom. The second-order valence-electron chi connectivity index (χ2n) is 8.17. The molecule has 3 aliphatic heterocycles. The molecule has 0 unspecified atom stereocenters. The lowest BCUT2D eigenvalue weighted by Gasteiger charge is -2.35. The van der Waals surface area contributed by atoms with Crippen LogP contribution in [0.1, 0.15) is 84.5 Å². The summed E-state index contributed by atoms with van der Waals surface area (Å²) in [6, 6.07) is 2.61. The van der Waals surface area contributed by atoms with E-state index >= 15 is 0 Å². The van der Waals surface area contributed by atoms with E-state index in [0.717, 1.165) is 44.2 Å². The highest BCUT2D eigenvalue weighted by molar-refractivity contribution is 5.76. The number of carbonyl (C=O) groups excluding carboxylic acids is 1. The lowest BCUT2D eigenvalue weighted by atomic mass is 9.99. The zero-order valence-electron chi connectivity index (χ0n) is 16.1. The van der Waals surface area contributed by atoms with E-state index in [2.05, 4.69) is 29.1 Å². The zero-order valence-corrected chi connectivity index (χ0v) is 16.1. The van der Waals surface area contributed by atoms with Crippen molar-refractivity contribution in [3.05, 3.63) is 0 Å². The Bertz CT molecular complexity index is 491. The predicted octanol–water partition coefficient (Wildman–Crippen LogP) is 2.92. The summed E-state index contributed by atoms with van der Waals surface area (Å²) in [4.78, 5) is 11.6. The number of rotatable bonds is 9. The third-order valence-corrected chi connectivity index (χ3v) is 5.98. The third kappa shape index (κ3) is 4.89. The van der Waals surface area contributed by atoms with Gasteiger partial charge >= 0.3 is 11.9 Å². The van der Waals surface area contributed by atoms with Crippen LogP contribution >= 0.6 is 0 Å². The maximum atomic E-state index is 11.6. The number of nitrogens with zero attached hydrogens (tertiary/aromatic N) is 1. The number of carbonyl (C=O) groups is 1. The quantitative estimate of drug-likeness (QED) is 0.381. The Kier molecular flexibility index (Phi) is 6.60. The fourth-order valence-corrected chi connectivity index (χ4v) is 4.72. The molecule has 0 aromatic carbocycles. The molecule has 5 heteroatoms. The first-order valence-electron chi connectivity index (χ1n) is 10.5. The Hall–Kier alpha value is -1.26. The summed E-state index contributed by atoms with van der Waals surface area (Å²) in [6.45, 7) is 5.02. The molecule has 0 bridgehead atoms. The largest absolute Gasteiger partial charge is 0.466 e. The van der Waals surface area contributed by atoms with E-state index in [1.807, 2.05) is 0 Å². The molecule has 1 fully saturated rings. The molecule has 25 heavy (non-hydrogen) atoms. The van der Waals surface area contributed by atoms with Gasteiger partial charge in [0.2, 0.25) is 0 Å². The summed E-state index contributed by atoms with van der Waals surface area (Å²) in [7, 11) is 0. The van der Waals surface area contributed by atoms with Gasteiger partial charge in [-0.15, -0.1) is 0 Å². The van der Waals surface area contributed by atoms with Crippen molar-refractivity contribution in [2.45, 2.75) is 109 Å². The van der Waals surface area contributed by atoms with Gasteiger partial charge in [0, 0.05) is 19.3 Å². The van der Waals surface area contributed by atoms with E-state index in [1.54, 1.807) is 0 Å². The highest BCUT2D eigenvalue weighted by Crippen LogP contribution is 2.31. The number of esters is 1. The first kappa shape index (κ1) is 18.5. The summed E-state index contributed by atoms with van der Waals surface area (Å²) < 4.78 is 7.96. The fourth-order valence-electron chi connectivity index (χ4n) is 4.72. The molecule has 0 saturated carbocycles. The van der Waals surface area contributed by atoms with Gasteiger partial charge in [-0.05, 0) is 45.4 Å². The van der Waals surface area contributed by atoms with Crippen molar-refractivity contribution in [2.24, 2.45) is 0 Å². The normalized spacial score (nSPS) is 30.5. The highest BCUT2D eigenvalue weighted by Gasteiger charge is 2.44. The van der Waals surface area contributed by atoms with Crippen LogP contribution in [-0.4, -0.2) is 47.3 Å². The molecule has 5 nitrogen and oxygen atoms in total. The first-order chi connectivity index (χ1) is 12.2. The second kappa shape index (κ2) is 8.91. The zero-order chi connectivity index (χ0) is 17.6. The molecule has 0 aromatic heterocycles. The first-order valence-corrected chi connectivity index (χ1v) is 10.5. The van der Waals surface area contributed by atoms with E-state index in [-0.39, 0.29) is 5.97 Å². The molecule has 0 aromatic rings. The second-order valence-corrected chi connectivity index (χ2v) is 8.17. The van der Waals surface area contributed by atoms with Crippen LogP contribution < -0.4 is 10.6 Å². The Labute approximate surface area is 152 Å². The molecule has 3 heterocycles. The maximum absolute atomic E-state index is 11.6. The lowest BCUT2D eigenvalue weighted by molar-refractivity contribution is -0.593. The van der Waals surface area contributed by atoms with E-state index in [9.17, 15) is 4.79 Å². The van der Waals surface area contributed by atoms with E-state index in [4.69, 9.17) is 4.74 Å². The Morgan fingerprint density at radius 2 is 1.92 bits per heavy atom. The lowest BCUT2D eigenvalue weighted by Crippen LogP contribution is -2.62. The smallest absolute Gasteiger partial charge is 0.346 e. The molecule has 0 aliphatic carbocycles. The highest BCUT2D eigenvalue weighted by atomic mass is 16.5. The van der Waals surface area contributed by atoms with Crippen molar-refractivity contribution in [2.75, 3.05) is 6.61 Å². The minimum absolute atomic E-state index is 0.0205. The monoisotopic (exact) mass is 350 g/mol. The Balaban J connectivity index is 1.34. The number of ether oxygens (including phenoxy) is 1. The van der Waals surface area contributed by atoms with Crippen LogP contribution in [0.2, 0.25) is 0 Å². The van der Waals surface area contributed by atoms with Crippen molar-refractivity contribution in [1.82, 2.24) is 10.6 Å². The molecule has 2 N–H and O–H groups in total. The topological polar surface area (TPSA) is 53.4 Å². The van der Waals surface area contributed by atoms with Crippen LogP contribution in [-0.2, 0) is 9.53 Å². The molecular formula is C20H36N3O2+. The summed E-state index contributed by atoms with van der Waals surface area (Å²) in [5.74, 6) is 1.26. The van der Waals surface area contributed by atoms with Crippen LogP contribution in [0.3, 0.4) is 0 Å². The van der Waals surface area contributed by atoms with Gasteiger partial charge in [0.05, 0.1) is 30.8 Å². The summed E-state index contributed by atoms with van der Waals surface area (Å²) in [5.41, 5.74) is 0. The number of guanidine groups is 1. The van der Waals surface area contributed by atoms with Crippen molar-refractivity contribution < 1.29 is 14.1 Å². The van der Waals surface area contributed by atoms with Gasteiger partial charge < -0.3 is 4.74 Å². The molecule has 3 aliphatic rings. The van der Waals surface area contributed by atoms with Crippen LogP contribution in [0.25, 0.3) is 0 Å². The van der Waals surface area contributed by atoms with Gasteiger partial charge in [-0.1, -0.05) is 19.8 Å². The number of unbranched alkanes of at least 4 members (excludes halogenated alkanes) is 3. The van der Waals surface area contributed by atoms with Crippen LogP contribution in [0, 0.1) is 0 Å². The molecule has 1 saturated heterocycles. The molecular weight excluding hydrogens is 314 g/mol. The minimum atomic E-state index is -0.0205. The van der Waals surface area contributed by atoms with Gasteiger partial charge in [0.15, 0.2) is 0 Å². The number of nitrogens with one attached hydrogen (secondary N) is 2. The fraction of sp³-hybridized carbons (Fsp3) is 0.900. The van der Waals surface area contributed by atoms with E-state index in [1.165, 1.54) is 38.1 Å². The van der Waals surface area contributed by atoms with Gasteiger partial charge in [-0.2, -0.15) is 0 Å². The summed E-state index contributed by atoms with van der Waals surface area (Å²) in [6.07, 6.45) is 12.3. The average molecular weight is 351 g/mol. The molecule has 0 amide bonds. The molecule has 3 rings (SSSR count). The minimum Gasteiger partial charge on any atom is -0.466 e. The van der Waals surface area contributed by atoms with E-state index in [0.29, 0.717) is 25.1 Å². The molecule has 142 valence electrons. The van der Waals surface area contributed by atoms with Crippen LogP contribution in [0.5, 0.6) is 0 Å². The van der Waals surface area contributed by atoms with Crippen molar-refractivity contribution in [3.63, 3.8) is 0 Å². The number of hydrogen-bond donors (Lipinski definition) is 2. The standard InChI is InChI=1S/C20H35N3O2/c1-3-4-5-9-19(24)25-12-7-6-8-16-14-18-11-10-17-13-15(2)21-20(22-16)23(17)18/h15-18H,3-14H2,1-2H3,(H,21,22)/p+1/t15-,16+,17+,18-/m1/s1. The molecule has 4 atom stereocenters. The maximum Gasteiger partial charge on any atom is 0.346 e. The van der Waals surface area contributed by atoms with Crippen LogP contribution in [0.4, 0.5) is 0 Å². The van der Waals surface area contributed by atoms with Crippen molar-refractivity contribution in [3.8, 4) is 0 Å². The van der Waals surface area contributed by atoms with Crippen molar-refractivity contribution in [1.29, 1.82) is 0 Å². The Morgan fingerprint density at radius 1 is 1.12 bits per heavy atom. The van der Waals surface area contributed by atoms with Gasteiger partial charge in [-0.25, -0.2) is 0 Å². The van der Waals surface area contributed by atoms with Gasteiger partial charge in [0.25, 0.3) is 0 Å². The molecule has 0 radical (unpaired) electrons. The van der Waals surface area contributed by atoms with E-state index < -0.39 is 0 Å². The third-order valence-electron chi connectivity index (χ3n) is 5.98.